The van der Waals surface area contributed by atoms with Crippen LogP contribution in [0.1, 0.15) is 19.3 Å². The molecule has 0 aromatic carbocycles. The number of hydrogen-bond acceptors (Lipinski definition) is 8. The molecule has 2 aliphatic rings. The SMILES string of the molecule is COC(=O)[C@@]1([C@]2(C(=O)OC)NC(=S)NC(=O)[C@H]2C#N)CCCC1=O. The van der Waals surface area contributed by atoms with E-state index in [0.717, 1.165) is 14.2 Å². The quantitative estimate of drug-likeness (QED) is 0.370. The number of ketones is 1. The van der Waals surface area contributed by atoms with Gasteiger partial charge in [0.05, 0.1) is 20.3 Å². The zero-order valence-electron chi connectivity index (χ0n) is 13.0. The lowest BCUT2D eigenvalue weighted by Crippen LogP contribution is -2.78. The van der Waals surface area contributed by atoms with Gasteiger partial charge in [0.1, 0.15) is 0 Å². The van der Waals surface area contributed by atoms with Crippen molar-refractivity contribution in [3.8, 4) is 6.07 Å². The van der Waals surface area contributed by atoms with E-state index in [2.05, 4.69) is 10.6 Å². The Balaban J connectivity index is 2.84. The Hall–Kier alpha value is -2.54. The standard InChI is InChI=1S/C14H15N3O6S/c1-22-10(20)13(5-3-4-8(13)18)14(11(21)23-2)7(6-15)9(19)16-12(24)17-14/h7H,3-5H2,1-2H3,(H2,16,17,19,24)/t7-,13-,14+/m1/s1. The fourth-order valence-electron chi connectivity index (χ4n) is 3.51. The number of nitrogens with zero attached hydrogens (tertiary/aromatic N) is 1. The van der Waals surface area contributed by atoms with Crippen molar-refractivity contribution >= 4 is 41.0 Å². The number of hydrogen-bond donors (Lipinski definition) is 2. The van der Waals surface area contributed by atoms with Crippen molar-refractivity contribution in [2.75, 3.05) is 14.2 Å². The van der Waals surface area contributed by atoms with Crippen molar-refractivity contribution < 1.29 is 28.7 Å². The molecule has 1 amide bonds. The van der Waals surface area contributed by atoms with Gasteiger partial charge in [-0.2, -0.15) is 5.26 Å². The van der Waals surface area contributed by atoms with E-state index in [1.807, 2.05) is 0 Å². The summed E-state index contributed by atoms with van der Waals surface area (Å²) >= 11 is 4.92. The van der Waals surface area contributed by atoms with E-state index in [1.165, 1.54) is 0 Å². The number of carbonyl (C=O) groups excluding carboxylic acids is 4. The maximum Gasteiger partial charge on any atom is 0.335 e. The van der Waals surface area contributed by atoms with Crippen LogP contribution in [-0.4, -0.2) is 48.5 Å². The summed E-state index contributed by atoms with van der Waals surface area (Å²) in [5.41, 5.74) is -4.35. The first-order valence-corrected chi connectivity index (χ1v) is 7.45. The second kappa shape index (κ2) is 6.16. The molecule has 0 aromatic rings. The van der Waals surface area contributed by atoms with Crippen LogP contribution in [0.5, 0.6) is 0 Å². The van der Waals surface area contributed by atoms with Crippen molar-refractivity contribution in [3.63, 3.8) is 0 Å². The lowest BCUT2D eigenvalue weighted by Gasteiger charge is -2.47. The molecule has 1 heterocycles. The summed E-state index contributed by atoms with van der Waals surface area (Å²) in [7, 11) is 2.09. The molecule has 24 heavy (non-hydrogen) atoms. The van der Waals surface area contributed by atoms with Crippen LogP contribution in [0.15, 0.2) is 0 Å². The first-order chi connectivity index (χ1) is 11.3. The molecule has 1 saturated carbocycles. The largest absolute Gasteiger partial charge is 0.468 e. The molecule has 2 rings (SSSR count). The summed E-state index contributed by atoms with van der Waals surface area (Å²) in [5.74, 6) is -5.33. The van der Waals surface area contributed by atoms with E-state index in [4.69, 9.17) is 21.7 Å². The monoisotopic (exact) mass is 353 g/mol. The number of carbonyl (C=O) groups is 4. The Kier molecular flexibility index (Phi) is 4.57. The molecule has 3 atom stereocenters. The Morgan fingerprint density at radius 2 is 1.92 bits per heavy atom. The van der Waals surface area contributed by atoms with Crippen molar-refractivity contribution in [1.29, 1.82) is 5.26 Å². The summed E-state index contributed by atoms with van der Waals surface area (Å²) in [6.07, 6.45) is 0.220. The van der Waals surface area contributed by atoms with Crippen molar-refractivity contribution in [1.82, 2.24) is 10.6 Å². The van der Waals surface area contributed by atoms with Crippen molar-refractivity contribution in [2.24, 2.45) is 11.3 Å². The van der Waals surface area contributed by atoms with E-state index in [-0.39, 0.29) is 18.0 Å². The van der Waals surface area contributed by atoms with Gasteiger partial charge in [-0.25, -0.2) is 4.79 Å². The van der Waals surface area contributed by atoms with Gasteiger partial charge in [-0.05, 0) is 25.1 Å². The zero-order valence-corrected chi connectivity index (χ0v) is 13.8. The van der Waals surface area contributed by atoms with Gasteiger partial charge in [0.25, 0.3) is 0 Å². The molecule has 1 aliphatic carbocycles. The number of thiocarbonyl (C=S) groups is 1. The van der Waals surface area contributed by atoms with E-state index < -0.39 is 40.5 Å². The fourth-order valence-corrected chi connectivity index (χ4v) is 3.77. The molecular formula is C14H15N3O6S. The minimum absolute atomic E-state index is 0.00204. The smallest absolute Gasteiger partial charge is 0.335 e. The van der Waals surface area contributed by atoms with Crippen LogP contribution >= 0.6 is 12.2 Å². The highest BCUT2D eigenvalue weighted by atomic mass is 32.1. The van der Waals surface area contributed by atoms with Gasteiger partial charge in [-0.3, -0.25) is 14.4 Å². The molecule has 1 aliphatic heterocycles. The van der Waals surface area contributed by atoms with Crippen molar-refractivity contribution in [3.05, 3.63) is 0 Å². The Bertz CT molecular complexity index is 686. The van der Waals surface area contributed by atoms with E-state index >= 15 is 0 Å². The molecule has 0 aromatic heterocycles. The van der Waals surface area contributed by atoms with Gasteiger partial charge in [-0.15, -0.1) is 0 Å². The van der Waals surface area contributed by atoms with Gasteiger partial charge < -0.3 is 20.1 Å². The third-order valence-electron chi connectivity index (χ3n) is 4.52. The van der Waals surface area contributed by atoms with Gasteiger partial charge in [0.2, 0.25) is 5.91 Å². The molecule has 2 fully saturated rings. The van der Waals surface area contributed by atoms with Crippen LogP contribution in [-0.2, 0) is 28.7 Å². The van der Waals surface area contributed by atoms with Crippen LogP contribution in [0.25, 0.3) is 0 Å². The normalized spacial score (nSPS) is 32.4. The van der Waals surface area contributed by atoms with E-state index in [0.29, 0.717) is 6.42 Å². The Morgan fingerprint density at radius 3 is 2.38 bits per heavy atom. The number of methoxy groups -OCH3 is 2. The van der Waals surface area contributed by atoms with Crippen LogP contribution < -0.4 is 10.6 Å². The maximum absolute atomic E-state index is 12.7. The molecule has 128 valence electrons. The molecule has 10 heteroatoms. The molecule has 9 nitrogen and oxygen atoms in total. The molecule has 0 radical (unpaired) electrons. The first-order valence-electron chi connectivity index (χ1n) is 7.04. The number of nitriles is 1. The van der Waals surface area contributed by atoms with Crippen LogP contribution in [0.3, 0.4) is 0 Å². The minimum atomic E-state index is -2.28. The highest BCUT2D eigenvalue weighted by Crippen LogP contribution is 2.49. The van der Waals surface area contributed by atoms with E-state index in [1.54, 1.807) is 6.07 Å². The summed E-state index contributed by atoms with van der Waals surface area (Å²) in [5, 5.41) is 13.9. The average Bonchev–Trinajstić information content (AvgIpc) is 2.95. The summed E-state index contributed by atoms with van der Waals surface area (Å²) in [6, 6.07) is 1.69. The third kappa shape index (κ3) is 2.08. The Labute approximate surface area is 142 Å². The minimum Gasteiger partial charge on any atom is -0.468 e. The van der Waals surface area contributed by atoms with Crippen LogP contribution in [0.2, 0.25) is 0 Å². The zero-order chi connectivity index (χ0) is 18.1. The third-order valence-corrected chi connectivity index (χ3v) is 4.72. The van der Waals surface area contributed by atoms with Gasteiger partial charge in [0.15, 0.2) is 27.8 Å². The Morgan fingerprint density at radius 1 is 1.29 bits per heavy atom. The fraction of sp³-hybridized carbons (Fsp3) is 0.571. The predicted octanol–water partition coefficient (Wildman–Crippen LogP) is -1.05. The number of Topliss-reactive ketones (excluding diaryl/α,β-unsaturated/α-hetero) is 1. The topological polar surface area (TPSA) is 135 Å². The predicted molar refractivity (Wildman–Crippen MR) is 81.0 cm³/mol. The second-order valence-electron chi connectivity index (χ2n) is 5.48. The average molecular weight is 353 g/mol. The molecule has 0 bridgehead atoms. The number of amides is 1. The first kappa shape index (κ1) is 17.8. The number of esters is 2. The molecule has 2 N–H and O–H groups in total. The molecule has 0 unspecified atom stereocenters. The molecule has 1 saturated heterocycles. The molecule has 0 spiro atoms. The maximum atomic E-state index is 12.7. The van der Waals surface area contributed by atoms with Gasteiger partial charge >= 0.3 is 11.9 Å². The van der Waals surface area contributed by atoms with Gasteiger partial charge in [-0.1, -0.05) is 0 Å². The lowest BCUT2D eigenvalue weighted by atomic mass is 9.60. The summed E-state index contributed by atoms with van der Waals surface area (Å²) in [4.78, 5) is 50.2. The lowest BCUT2D eigenvalue weighted by molar-refractivity contribution is -0.177. The van der Waals surface area contributed by atoms with Crippen molar-refractivity contribution in [2.45, 2.75) is 24.8 Å². The molecular weight excluding hydrogens is 338 g/mol. The summed E-state index contributed by atoms with van der Waals surface area (Å²) < 4.78 is 9.50. The number of ether oxygens (including phenoxy) is 2. The van der Waals surface area contributed by atoms with Crippen LogP contribution in [0, 0.1) is 22.7 Å². The second-order valence-corrected chi connectivity index (χ2v) is 5.89. The highest BCUT2D eigenvalue weighted by molar-refractivity contribution is 7.80. The highest BCUT2D eigenvalue weighted by Gasteiger charge is 2.74. The van der Waals surface area contributed by atoms with E-state index in [9.17, 15) is 24.4 Å². The van der Waals surface area contributed by atoms with Gasteiger partial charge in [0, 0.05) is 6.42 Å². The number of rotatable bonds is 3. The van der Waals surface area contributed by atoms with Crippen LogP contribution in [0.4, 0.5) is 0 Å². The number of nitrogens with one attached hydrogen (secondary N) is 2. The summed E-state index contributed by atoms with van der Waals surface area (Å²) in [6.45, 7) is 0.